The second-order valence-corrected chi connectivity index (χ2v) is 8.71. The Morgan fingerprint density at radius 1 is 0.879 bits per heavy atom. The first-order valence-electron chi connectivity index (χ1n) is 11.2. The highest BCUT2D eigenvalue weighted by Gasteiger charge is 2.30. The van der Waals surface area contributed by atoms with Crippen molar-refractivity contribution >= 4 is 10.9 Å². The monoisotopic (exact) mass is 450 g/mol. The van der Waals surface area contributed by atoms with Crippen LogP contribution in [0.3, 0.4) is 0 Å². The number of nitrogens with one attached hydrogen (secondary N) is 1. The fraction of sp³-hybridized carbons (Fsp3) is 0.259. The van der Waals surface area contributed by atoms with Crippen LogP contribution in [-0.2, 0) is 12.7 Å². The lowest BCUT2D eigenvalue weighted by Gasteiger charge is -2.21. The van der Waals surface area contributed by atoms with E-state index in [0.29, 0.717) is 5.56 Å². The molecule has 0 bridgehead atoms. The molecule has 0 aliphatic carbocycles. The highest BCUT2D eigenvalue weighted by molar-refractivity contribution is 5.86. The maximum atomic E-state index is 13.1. The van der Waals surface area contributed by atoms with Crippen LogP contribution in [0.25, 0.3) is 33.2 Å². The van der Waals surface area contributed by atoms with Crippen molar-refractivity contribution in [1.29, 1.82) is 0 Å². The lowest BCUT2D eigenvalue weighted by molar-refractivity contribution is -0.137. The summed E-state index contributed by atoms with van der Waals surface area (Å²) in [5, 5.41) is 10.7. The summed E-state index contributed by atoms with van der Waals surface area (Å²) >= 11 is 0. The molecule has 1 aromatic heterocycles. The van der Waals surface area contributed by atoms with Crippen molar-refractivity contribution in [2.24, 2.45) is 0 Å². The highest BCUT2D eigenvalue weighted by Crippen LogP contribution is 2.34. The summed E-state index contributed by atoms with van der Waals surface area (Å²) < 4.78 is 39.4. The number of H-pyrrole nitrogens is 1. The number of rotatable bonds is 5. The minimum absolute atomic E-state index is 0.187. The molecular weight excluding hydrogens is 425 g/mol. The van der Waals surface area contributed by atoms with Crippen molar-refractivity contribution in [1.82, 2.24) is 9.88 Å². The van der Waals surface area contributed by atoms with Crippen molar-refractivity contribution in [2.45, 2.75) is 31.6 Å². The van der Waals surface area contributed by atoms with Crippen LogP contribution in [0, 0.1) is 0 Å². The standard InChI is InChI=1S/C27H25F3N2O/c28-27(29,30)23-7-2-6-20(14-23)18-4-1-5-19(12-18)21-9-10-26-22(13-21)15-24(31-26)16-32-11-3-8-25(32)17-33/h1-2,4-7,9-10,12-15,25,31,33H,3,8,11,16-17H2/t25-/m1/s1. The van der Waals surface area contributed by atoms with Crippen molar-refractivity contribution in [3.63, 3.8) is 0 Å². The summed E-state index contributed by atoms with van der Waals surface area (Å²) in [6, 6.07) is 21.6. The zero-order valence-corrected chi connectivity index (χ0v) is 18.1. The van der Waals surface area contributed by atoms with Crippen LogP contribution < -0.4 is 0 Å². The van der Waals surface area contributed by atoms with Crippen LogP contribution >= 0.6 is 0 Å². The zero-order valence-electron chi connectivity index (χ0n) is 18.1. The molecule has 6 heteroatoms. The van der Waals surface area contributed by atoms with Crippen LogP contribution in [0.15, 0.2) is 72.8 Å². The van der Waals surface area contributed by atoms with Gasteiger partial charge in [0.15, 0.2) is 0 Å². The van der Waals surface area contributed by atoms with Crippen molar-refractivity contribution in [3.8, 4) is 22.3 Å². The number of fused-ring (bicyclic) bond motifs is 1. The topological polar surface area (TPSA) is 39.3 Å². The molecule has 170 valence electrons. The second-order valence-electron chi connectivity index (χ2n) is 8.71. The summed E-state index contributed by atoms with van der Waals surface area (Å²) in [6.07, 6.45) is -2.22. The Balaban J connectivity index is 1.43. The number of aliphatic hydroxyl groups excluding tert-OH is 1. The maximum absolute atomic E-state index is 13.1. The number of benzene rings is 3. The maximum Gasteiger partial charge on any atom is 0.416 e. The van der Waals surface area contributed by atoms with Crippen LogP contribution in [0.1, 0.15) is 24.1 Å². The Labute approximate surface area is 190 Å². The van der Waals surface area contributed by atoms with Gasteiger partial charge < -0.3 is 10.1 Å². The molecule has 1 atom stereocenters. The summed E-state index contributed by atoms with van der Waals surface area (Å²) in [4.78, 5) is 5.78. The van der Waals surface area contributed by atoms with Crippen LogP contribution in [0.4, 0.5) is 13.2 Å². The molecule has 2 N–H and O–H groups in total. The number of nitrogens with zero attached hydrogens (tertiary/aromatic N) is 1. The van der Waals surface area contributed by atoms with Gasteiger partial charge in [0.1, 0.15) is 0 Å². The molecule has 4 aromatic rings. The molecule has 0 saturated carbocycles. The van der Waals surface area contributed by atoms with Crippen molar-refractivity contribution < 1.29 is 18.3 Å². The van der Waals surface area contributed by atoms with Crippen molar-refractivity contribution in [2.75, 3.05) is 13.2 Å². The molecule has 3 aromatic carbocycles. The molecule has 33 heavy (non-hydrogen) atoms. The molecule has 0 amide bonds. The van der Waals surface area contributed by atoms with Crippen LogP contribution in [0.2, 0.25) is 0 Å². The fourth-order valence-corrected chi connectivity index (χ4v) is 4.74. The van der Waals surface area contributed by atoms with E-state index in [-0.39, 0.29) is 12.6 Å². The first-order chi connectivity index (χ1) is 15.9. The van der Waals surface area contributed by atoms with E-state index in [9.17, 15) is 18.3 Å². The van der Waals surface area contributed by atoms with Gasteiger partial charge in [-0.2, -0.15) is 13.2 Å². The Hall–Kier alpha value is -3.09. The predicted molar refractivity (Wildman–Crippen MR) is 125 cm³/mol. The first kappa shape index (κ1) is 21.7. The summed E-state index contributed by atoms with van der Waals surface area (Å²) in [7, 11) is 0. The minimum Gasteiger partial charge on any atom is -0.395 e. The quantitative estimate of drug-likeness (QED) is 0.365. The van der Waals surface area contributed by atoms with Gasteiger partial charge in [0.05, 0.1) is 12.2 Å². The number of aromatic nitrogens is 1. The first-order valence-corrected chi connectivity index (χ1v) is 11.2. The molecule has 0 unspecified atom stereocenters. The molecule has 5 rings (SSSR count). The van der Waals surface area contributed by atoms with E-state index in [2.05, 4.69) is 22.0 Å². The van der Waals surface area contributed by atoms with E-state index in [0.717, 1.165) is 65.3 Å². The number of aliphatic hydroxyl groups is 1. The van der Waals surface area contributed by atoms with E-state index < -0.39 is 11.7 Å². The fourth-order valence-electron chi connectivity index (χ4n) is 4.74. The predicted octanol–water partition coefficient (Wildman–Crippen LogP) is 6.48. The van der Waals surface area contributed by atoms with Gasteiger partial charge in [0.2, 0.25) is 0 Å². The number of hydrogen-bond donors (Lipinski definition) is 2. The van der Waals surface area contributed by atoms with E-state index >= 15 is 0 Å². The van der Waals surface area contributed by atoms with Gasteiger partial charge in [-0.1, -0.05) is 36.4 Å². The normalized spacial score (nSPS) is 17.2. The van der Waals surface area contributed by atoms with E-state index in [4.69, 9.17) is 0 Å². The van der Waals surface area contributed by atoms with Crippen molar-refractivity contribution in [3.05, 3.63) is 84.1 Å². The Morgan fingerprint density at radius 3 is 2.30 bits per heavy atom. The SMILES string of the molecule is OC[C@H]1CCCN1Cc1cc2cc(-c3cccc(-c4cccc(C(F)(F)F)c4)c3)ccc2[nH]1. The Bertz CT molecular complexity index is 1280. The molecule has 2 heterocycles. The molecule has 1 aliphatic heterocycles. The third kappa shape index (κ3) is 4.54. The Morgan fingerprint density at radius 2 is 1.58 bits per heavy atom. The smallest absolute Gasteiger partial charge is 0.395 e. The zero-order chi connectivity index (χ0) is 23.0. The van der Waals surface area contributed by atoms with Gasteiger partial charge in [-0.3, -0.25) is 4.90 Å². The van der Waals surface area contributed by atoms with Gasteiger partial charge in [-0.25, -0.2) is 0 Å². The van der Waals surface area contributed by atoms with E-state index in [1.807, 2.05) is 36.4 Å². The Kier molecular flexibility index (Phi) is 5.72. The van der Waals surface area contributed by atoms with E-state index in [1.165, 1.54) is 12.1 Å². The minimum atomic E-state index is -4.36. The number of alkyl halides is 3. The number of halogens is 3. The molecule has 1 aliphatic rings. The summed E-state index contributed by atoms with van der Waals surface area (Å²) in [5.41, 5.74) is 4.76. The van der Waals surface area contributed by atoms with Gasteiger partial charge in [0.25, 0.3) is 0 Å². The summed E-state index contributed by atoms with van der Waals surface area (Å²) in [5.74, 6) is 0. The van der Waals surface area contributed by atoms with E-state index in [1.54, 1.807) is 6.07 Å². The number of hydrogen-bond acceptors (Lipinski definition) is 2. The van der Waals surface area contributed by atoms with Crippen LogP contribution in [-0.4, -0.2) is 34.2 Å². The van der Waals surface area contributed by atoms with Gasteiger partial charge >= 0.3 is 6.18 Å². The number of likely N-dealkylation sites (tertiary alicyclic amines) is 1. The third-order valence-corrected chi connectivity index (χ3v) is 6.48. The average Bonchev–Trinajstić information content (AvgIpc) is 3.44. The lowest BCUT2D eigenvalue weighted by atomic mass is 9.97. The molecule has 0 spiro atoms. The second kappa shape index (κ2) is 8.69. The largest absolute Gasteiger partial charge is 0.416 e. The molecule has 0 radical (unpaired) electrons. The van der Waals surface area contributed by atoms with Crippen LogP contribution in [0.5, 0.6) is 0 Å². The van der Waals surface area contributed by atoms with Gasteiger partial charge in [0, 0.05) is 29.2 Å². The molecule has 1 saturated heterocycles. The molecule has 3 nitrogen and oxygen atoms in total. The summed E-state index contributed by atoms with van der Waals surface area (Å²) in [6.45, 7) is 1.96. The van der Waals surface area contributed by atoms with Gasteiger partial charge in [-0.05, 0) is 78.0 Å². The highest BCUT2D eigenvalue weighted by atomic mass is 19.4. The lowest BCUT2D eigenvalue weighted by Crippen LogP contribution is -2.31. The number of aromatic amines is 1. The third-order valence-electron chi connectivity index (χ3n) is 6.48. The molecular formula is C27H25F3N2O. The average molecular weight is 451 g/mol. The van der Waals surface area contributed by atoms with Gasteiger partial charge in [-0.15, -0.1) is 0 Å². The molecule has 1 fully saturated rings.